The predicted octanol–water partition coefficient (Wildman–Crippen LogP) is 0.967. The van der Waals surface area contributed by atoms with E-state index in [2.05, 4.69) is 10.6 Å². The lowest BCUT2D eigenvalue weighted by Crippen LogP contribution is -2.42. The van der Waals surface area contributed by atoms with E-state index in [0.717, 1.165) is 0 Å². The average Bonchev–Trinajstić information content (AvgIpc) is 2.32. The molecule has 0 radical (unpaired) electrons. The molecule has 0 aromatic heterocycles. The molecule has 1 fully saturated rings. The number of hydrogen-bond donors (Lipinski definition) is 3. The monoisotopic (exact) mass is 283 g/mol. The van der Waals surface area contributed by atoms with E-state index in [0.29, 0.717) is 24.2 Å². The molecule has 0 unspecified atom stereocenters. The second-order valence-electron chi connectivity index (χ2n) is 4.65. The minimum absolute atomic E-state index is 0.0930. The summed E-state index contributed by atoms with van der Waals surface area (Å²) >= 11 is 0. The Morgan fingerprint density at radius 1 is 1.26 bits per heavy atom. The van der Waals surface area contributed by atoms with E-state index in [-0.39, 0.29) is 23.6 Å². The van der Waals surface area contributed by atoms with Crippen LogP contribution in [-0.4, -0.2) is 32.0 Å². The topological polar surface area (TPSA) is 101 Å². The number of nitrogens with two attached hydrogens (primary N) is 1. The Bertz CT molecular complexity index is 557. The van der Waals surface area contributed by atoms with Crippen molar-refractivity contribution in [3.8, 4) is 0 Å². The van der Waals surface area contributed by atoms with Gasteiger partial charge in [-0.1, -0.05) is 6.07 Å². The van der Waals surface area contributed by atoms with Crippen molar-refractivity contribution in [3.05, 3.63) is 24.3 Å². The molecule has 1 aromatic carbocycles. The summed E-state index contributed by atoms with van der Waals surface area (Å²) in [6.07, 6.45) is 0.930. The van der Waals surface area contributed by atoms with E-state index < -0.39 is 9.84 Å². The van der Waals surface area contributed by atoms with Gasteiger partial charge in [-0.2, -0.15) is 0 Å². The Kier molecular flexibility index (Phi) is 3.94. The fraction of sp³-hybridized carbons (Fsp3) is 0.417. The van der Waals surface area contributed by atoms with Gasteiger partial charge in [-0.05, 0) is 31.0 Å². The SMILES string of the molecule is Nc1cccc(NC(=O)NC2CCS(=O)(=O)CC2)c1. The molecule has 19 heavy (non-hydrogen) atoms. The van der Waals surface area contributed by atoms with Crippen LogP contribution in [0.15, 0.2) is 24.3 Å². The molecule has 1 aliphatic heterocycles. The molecule has 1 heterocycles. The summed E-state index contributed by atoms with van der Waals surface area (Å²) < 4.78 is 22.5. The van der Waals surface area contributed by atoms with Gasteiger partial charge in [-0.25, -0.2) is 13.2 Å². The Hall–Kier alpha value is -1.76. The minimum atomic E-state index is -2.90. The molecule has 0 spiro atoms. The predicted molar refractivity (Wildman–Crippen MR) is 74.7 cm³/mol. The molecule has 0 atom stereocenters. The molecular formula is C12H17N3O3S. The average molecular weight is 283 g/mol. The van der Waals surface area contributed by atoms with Gasteiger partial charge in [0, 0.05) is 17.4 Å². The van der Waals surface area contributed by atoms with Crippen molar-refractivity contribution in [2.75, 3.05) is 22.6 Å². The van der Waals surface area contributed by atoms with Crippen LogP contribution in [0.4, 0.5) is 16.2 Å². The van der Waals surface area contributed by atoms with E-state index in [1.165, 1.54) is 0 Å². The molecule has 0 bridgehead atoms. The third kappa shape index (κ3) is 4.13. The fourth-order valence-electron chi connectivity index (χ4n) is 2.00. The standard InChI is InChI=1S/C12H17N3O3S/c13-9-2-1-3-11(8-9)15-12(16)14-10-4-6-19(17,18)7-5-10/h1-3,8,10H,4-7,13H2,(H2,14,15,16). The molecule has 7 heteroatoms. The highest BCUT2D eigenvalue weighted by atomic mass is 32.2. The smallest absolute Gasteiger partial charge is 0.319 e. The van der Waals surface area contributed by atoms with Gasteiger partial charge in [0.25, 0.3) is 0 Å². The van der Waals surface area contributed by atoms with Crippen molar-refractivity contribution in [3.63, 3.8) is 0 Å². The van der Waals surface area contributed by atoms with Crippen LogP contribution in [0.3, 0.4) is 0 Å². The van der Waals surface area contributed by atoms with Gasteiger partial charge in [-0.3, -0.25) is 0 Å². The molecule has 2 rings (SSSR count). The molecule has 104 valence electrons. The number of carbonyl (C=O) groups is 1. The fourth-order valence-corrected chi connectivity index (χ4v) is 3.49. The molecular weight excluding hydrogens is 266 g/mol. The first kappa shape index (κ1) is 13.7. The number of benzene rings is 1. The van der Waals surface area contributed by atoms with Crippen LogP contribution in [-0.2, 0) is 9.84 Å². The number of amides is 2. The molecule has 1 saturated heterocycles. The number of hydrogen-bond acceptors (Lipinski definition) is 4. The largest absolute Gasteiger partial charge is 0.399 e. The number of nitrogens with one attached hydrogen (secondary N) is 2. The zero-order valence-electron chi connectivity index (χ0n) is 10.4. The van der Waals surface area contributed by atoms with Gasteiger partial charge in [0.15, 0.2) is 0 Å². The summed E-state index contributed by atoms with van der Waals surface area (Å²) in [7, 11) is -2.90. The van der Waals surface area contributed by atoms with Gasteiger partial charge in [-0.15, -0.1) is 0 Å². The molecule has 1 aromatic rings. The normalized spacial score (nSPS) is 18.7. The molecule has 0 saturated carbocycles. The van der Waals surface area contributed by atoms with E-state index in [9.17, 15) is 13.2 Å². The zero-order chi connectivity index (χ0) is 13.9. The third-order valence-corrected chi connectivity index (χ3v) is 4.75. The lowest BCUT2D eigenvalue weighted by molar-refractivity contribution is 0.247. The van der Waals surface area contributed by atoms with Crippen molar-refractivity contribution >= 4 is 27.2 Å². The lowest BCUT2D eigenvalue weighted by atomic mass is 10.2. The van der Waals surface area contributed by atoms with Crippen LogP contribution >= 0.6 is 0 Å². The Morgan fingerprint density at radius 2 is 1.95 bits per heavy atom. The lowest BCUT2D eigenvalue weighted by Gasteiger charge is -2.23. The number of nitrogen functional groups attached to an aromatic ring is 1. The summed E-state index contributed by atoms with van der Waals surface area (Å²) in [4.78, 5) is 11.7. The minimum Gasteiger partial charge on any atom is -0.399 e. The maximum Gasteiger partial charge on any atom is 0.319 e. The van der Waals surface area contributed by atoms with Crippen molar-refractivity contribution in [2.45, 2.75) is 18.9 Å². The van der Waals surface area contributed by atoms with Crippen LogP contribution in [0, 0.1) is 0 Å². The summed E-state index contributed by atoms with van der Waals surface area (Å²) in [6, 6.07) is 6.44. The quantitative estimate of drug-likeness (QED) is 0.704. The molecule has 1 aliphatic rings. The Morgan fingerprint density at radius 3 is 2.58 bits per heavy atom. The third-order valence-electron chi connectivity index (χ3n) is 3.03. The van der Waals surface area contributed by atoms with E-state index in [4.69, 9.17) is 5.73 Å². The summed E-state index contributed by atoms with van der Waals surface area (Å²) in [6.45, 7) is 0. The van der Waals surface area contributed by atoms with E-state index in [1.54, 1.807) is 24.3 Å². The molecule has 6 nitrogen and oxygen atoms in total. The summed E-state index contributed by atoms with van der Waals surface area (Å²) in [5.74, 6) is 0.270. The van der Waals surface area contributed by atoms with Crippen LogP contribution in [0.1, 0.15) is 12.8 Å². The highest BCUT2D eigenvalue weighted by molar-refractivity contribution is 7.91. The first-order valence-electron chi connectivity index (χ1n) is 6.08. The second kappa shape index (κ2) is 5.48. The molecule has 4 N–H and O–H groups in total. The van der Waals surface area contributed by atoms with Gasteiger partial charge < -0.3 is 16.4 Å². The molecule has 2 amide bonds. The van der Waals surface area contributed by atoms with E-state index >= 15 is 0 Å². The first-order chi connectivity index (χ1) is 8.94. The summed E-state index contributed by atoms with van der Waals surface area (Å²) in [5, 5.41) is 5.44. The van der Waals surface area contributed by atoms with Gasteiger partial charge in [0.1, 0.15) is 9.84 Å². The van der Waals surface area contributed by atoms with Crippen molar-refractivity contribution in [2.24, 2.45) is 0 Å². The Labute approximate surface area is 112 Å². The maximum atomic E-state index is 11.7. The van der Waals surface area contributed by atoms with Crippen molar-refractivity contribution in [1.29, 1.82) is 0 Å². The number of urea groups is 1. The molecule has 0 aliphatic carbocycles. The first-order valence-corrected chi connectivity index (χ1v) is 7.90. The van der Waals surface area contributed by atoms with Crippen LogP contribution in [0.5, 0.6) is 0 Å². The van der Waals surface area contributed by atoms with Gasteiger partial charge in [0.05, 0.1) is 11.5 Å². The zero-order valence-corrected chi connectivity index (χ0v) is 11.2. The number of anilines is 2. The van der Waals surface area contributed by atoms with Crippen LogP contribution in [0.2, 0.25) is 0 Å². The second-order valence-corrected chi connectivity index (χ2v) is 6.95. The maximum absolute atomic E-state index is 11.7. The van der Waals surface area contributed by atoms with Crippen molar-refractivity contribution in [1.82, 2.24) is 5.32 Å². The summed E-state index contributed by atoms with van der Waals surface area (Å²) in [5.41, 5.74) is 6.79. The number of sulfone groups is 1. The highest BCUT2D eigenvalue weighted by Crippen LogP contribution is 2.14. The van der Waals surface area contributed by atoms with Crippen LogP contribution in [0.25, 0.3) is 0 Å². The van der Waals surface area contributed by atoms with Gasteiger partial charge >= 0.3 is 6.03 Å². The van der Waals surface area contributed by atoms with Gasteiger partial charge in [0.2, 0.25) is 0 Å². The van der Waals surface area contributed by atoms with Crippen molar-refractivity contribution < 1.29 is 13.2 Å². The van der Waals surface area contributed by atoms with E-state index in [1.807, 2.05) is 0 Å². The Balaban J connectivity index is 1.85. The number of carbonyl (C=O) groups excluding carboxylic acids is 1. The highest BCUT2D eigenvalue weighted by Gasteiger charge is 2.24. The van der Waals surface area contributed by atoms with Crippen LogP contribution < -0.4 is 16.4 Å². The number of rotatable bonds is 2.